The summed E-state index contributed by atoms with van der Waals surface area (Å²) in [6.45, 7) is 0. The molecule has 1 aromatic rings. The fourth-order valence-corrected chi connectivity index (χ4v) is 0.658. The van der Waals surface area contributed by atoms with Gasteiger partial charge in [0.2, 0.25) is 0 Å². The average molecular weight is 136 g/mol. The van der Waals surface area contributed by atoms with Gasteiger partial charge in [-0.05, 0) is 0 Å². The van der Waals surface area contributed by atoms with Gasteiger partial charge in [0, 0.05) is 0 Å². The Labute approximate surface area is 56.4 Å². The van der Waals surface area contributed by atoms with Crippen molar-refractivity contribution in [3.05, 3.63) is 12.0 Å². The first-order valence-corrected chi connectivity index (χ1v) is 2.72. The molecule has 0 aliphatic carbocycles. The maximum absolute atomic E-state index is 4.65. The van der Waals surface area contributed by atoms with Gasteiger partial charge in [-0.15, -0.1) is 0 Å². The summed E-state index contributed by atoms with van der Waals surface area (Å²) in [6.07, 6.45) is 4.45. The fourth-order valence-electron chi connectivity index (χ4n) is 0.658. The molecule has 2 rings (SSSR count). The van der Waals surface area contributed by atoms with Gasteiger partial charge in [0.05, 0.1) is 6.21 Å². The second-order valence-electron chi connectivity index (χ2n) is 1.75. The molecule has 0 amide bonds. The molecular formula is C5H4N4O. The molecule has 0 aromatic carbocycles. The monoisotopic (exact) mass is 136 g/mol. The number of aromatic nitrogens is 1. The molecular weight excluding hydrogens is 132 g/mol. The van der Waals surface area contributed by atoms with Crippen LogP contribution in [0, 0.1) is 0 Å². The van der Waals surface area contributed by atoms with E-state index >= 15 is 0 Å². The van der Waals surface area contributed by atoms with Gasteiger partial charge < -0.3 is 4.52 Å². The summed E-state index contributed by atoms with van der Waals surface area (Å²) in [5.41, 5.74) is 4.09. The van der Waals surface area contributed by atoms with E-state index in [0.29, 0.717) is 5.69 Å². The number of hydrogen-bond donors (Lipinski definition) is 1. The molecule has 0 saturated carbocycles. The lowest BCUT2D eigenvalue weighted by Crippen LogP contribution is -1.87. The Kier molecular flexibility index (Phi) is 1.00. The van der Waals surface area contributed by atoms with Crippen LogP contribution in [0.3, 0.4) is 0 Å². The van der Waals surface area contributed by atoms with Crippen molar-refractivity contribution in [2.24, 2.45) is 10.1 Å². The normalized spacial score (nSPS) is 14.0. The summed E-state index contributed by atoms with van der Waals surface area (Å²) < 4.78 is 4.65. The Morgan fingerprint density at radius 1 is 1.50 bits per heavy atom. The maximum Gasteiger partial charge on any atom is 0.149 e. The van der Waals surface area contributed by atoms with Crippen molar-refractivity contribution in [1.29, 1.82) is 0 Å². The van der Waals surface area contributed by atoms with E-state index in [1.54, 1.807) is 6.21 Å². The molecule has 50 valence electrons. The van der Waals surface area contributed by atoms with E-state index in [-0.39, 0.29) is 0 Å². The topological polar surface area (TPSA) is 62.8 Å². The minimum Gasteiger partial charge on any atom is -0.362 e. The van der Waals surface area contributed by atoms with Crippen LogP contribution >= 0.6 is 0 Å². The number of anilines is 1. The number of hydrazone groups is 1. The molecule has 5 nitrogen and oxygen atoms in total. The van der Waals surface area contributed by atoms with Crippen molar-refractivity contribution in [3.8, 4) is 0 Å². The van der Waals surface area contributed by atoms with Crippen molar-refractivity contribution >= 4 is 18.2 Å². The number of fused-ring (bicyclic) bond motifs is 1. The van der Waals surface area contributed by atoms with E-state index < -0.39 is 0 Å². The van der Waals surface area contributed by atoms with Crippen LogP contribution in [0.25, 0.3) is 0 Å². The average Bonchev–Trinajstić information content (AvgIpc) is 2.28. The molecule has 0 fully saturated rings. The molecule has 0 spiro atoms. The van der Waals surface area contributed by atoms with E-state index in [9.17, 15) is 0 Å². The molecule has 1 aliphatic rings. The summed E-state index contributed by atoms with van der Waals surface area (Å²) in [5.74, 6) is 0. The third-order valence-corrected chi connectivity index (χ3v) is 1.10. The summed E-state index contributed by atoms with van der Waals surface area (Å²) in [4.78, 5) is 3.78. The molecule has 1 N–H and O–H groups in total. The molecule has 0 radical (unpaired) electrons. The minimum absolute atomic E-state index is 0.664. The molecule has 2 heterocycles. The highest BCUT2D eigenvalue weighted by atomic mass is 16.5. The molecule has 10 heavy (non-hydrogen) atoms. The lowest BCUT2D eigenvalue weighted by Gasteiger charge is -1.88. The molecule has 0 bridgehead atoms. The van der Waals surface area contributed by atoms with Crippen LogP contribution in [-0.4, -0.2) is 17.7 Å². The summed E-state index contributed by atoms with van der Waals surface area (Å²) in [7, 11) is 0. The lowest BCUT2D eigenvalue weighted by atomic mass is 10.4. The first kappa shape index (κ1) is 5.16. The molecule has 0 unspecified atom stereocenters. The van der Waals surface area contributed by atoms with Crippen LogP contribution in [0.15, 0.2) is 20.9 Å². The van der Waals surface area contributed by atoms with E-state index in [4.69, 9.17) is 0 Å². The number of aliphatic imine (C=N–C) groups is 1. The van der Waals surface area contributed by atoms with Crippen LogP contribution in [0.1, 0.15) is 5.69 Å². The smallest absolute Gasteiger partial charge is 0.149 e. The van der Waals surface area contributed by atoms with Crippen molar-refractivity contribution in [2.45, 2.75) is 0 Å². The Bertz CT molecular complexity index is 288. The number of hydrogen-bond acceptors (Lipinski definition) is 5. The predicted molar refractivity (Wildman–Crippen MR) is 36.2 cm³/mol. The summed E-state index contributed by atoms with van der Waals surface area (Å²) in [5, 5.41) is 7.36. The van der Waals surface area contributed by atoms with Gasteiger partial charge in [-0.25, -0.2) is 4.99 Å². The second-order valence-corrected chi connectivity index (χ2v) is 1.75. The van der Waals surface area contributed by atoms with Crippen LogP contribution in [0.2, 0.25) is 0 Å². The molecule has 1 aromatic heterocycles. The largest absolute Gasteiger partial charge is 0.362 e. The van der Waals surface area contributed by atoms with Gasteiger partial charge in [0.15, 0.2) is 0 Å². The van der Waals surface area contributed by atoms with Crippen LogP contribution in [0.4, 0.5) is 5.69 Å². The predicted octanol–water partition coefficient (Wildman–Crippen LogP) is 0.462. The first-order chi connectivity index (χ1) is 4.97. The van der Waals surface area contributed by atoms with Crippen LogP contribution in [-0.2, 0) is 0 Å². The molecule has 5 heteroatoms. The molecule has 0 saturated heterocycles. The van der Waals surface area contributed by atoms with Crippen LogP contribution in [0.5, 0.6) is 0 Å². The third-order valence-electron chi connectivity index (χ3n) is 1.10. The zero-order chi connectivity index (χ0) is 6.81. The first-order valence-electron chi connectivity index (χ1n) is 2.72. The molecule has 0 atom stereocenters. The summed E-state index contributed by atoms with van der Waals surface area (Å²) >= 11 is 0. The van der Waals surface area contributed by atoms with Gasteiger partial charge in [-0.2, -0.15) is 5.10 Å². The van der Waals surface area contributed by atoms with Gasteiger partial charge >= 0.3 is 0 Å². The van der Waals surface area contributed by atoms with E-state index in [1.807, 2.05) is 0 Å². The standard InChI is InChI=1S/C5H4N4O/c1-4-5(2-10-9-4)8-7-3-6-1/h1-3,8H. The third kappa shape index (κ3) is 0.680. The van der Waals surface area contributed by atoms with Gasteiger partial charge in [-0.3, -0.25) is 5.43 Å². The van der Waals surface area contributed by atoms with Gasteiger partial charge in [0.25, 0.3) is 0 Å². The Morgan fingerprint density at radius 3 is 3.50 bits per heavy atom. The highest BCUT2D eigenvalue weighted by molar-refractivity contribution is 5.90. The number of nitrogens with zero attached hydrogens (tertiary/aromatic N) is 3. The SMILES string of the molecule is C1=NC=NNc2conc21. The number of rotatable bonds is 0. The highest BCUT2D eigenvalue weighted by Crippen LogP contribution is 2.11. The molecule has 1 aliphatic heterocycles. The maximum atomic E-state index is 4.65. The summed E-state index contributed by atoms with van der Waals surface area (Å²) in [6, 6.07) is 0. The Balaban J connectivity index is 2.50. The van der Waals surface area contributed by atoms with E-state index in [1.165, 1.54) is 12.6 Å². The highest BCUT2D eigenvalue weighted by Gasteiger charge is 2.04. The van der Waals surface area contributed by atoms with Crippen molar-refractivity contribution in [1.82, 2.24) is 5.16 Å². The Morgan fingerprint density at radius 2 is 2.50 bits per heavy atom. The fraction of sp³-hybridized carbons (Fsp3) is 0. The minimum atomic E-state index is 0.664. The van der Waals surface area contributed by atoms with Crippen molar-refractivity contribution in [2.75, 3.05) is 5.43 Å². The van der Waals surface area contributed by atoms with E-state index in [0.717, 1.165) is 5.69 Å². The van der Waals surface area contributed by atoms with Crippen molar-refractivity contribution < 1.29 is 4.52 Å². The zero-order valence-corrected chi connectivity index (χ0v) is 4.98. The number of nitrogens with one attached hydrogen (secondary N) is 1. The quantitative estimate of drug-likeness (QED) is 0.563. The lowest BCUT2D eigenvalue weighted by molar-refractivity contribution is 0.419. The van der Waals surface area contributed by atoms with Gasteiger partial charge in [0.1, 0.15) is 24.0 Å². The van der Waals surface area contributed by atoms with Gasteiger partial charge in [-0.1, -0.05) is 5.16 Å². The van der Waals surface area contributed by atoms with E-state index in [2.05, 4.69) is 25.2 Å². The van der Waals surface area contributed by atoms with Crippen molar-refractivity contribution in [3.63, 3.8) is 0 Å². The Hall–Kier alpha value is -1.65. The zero-order valence-electron chi connectivity index (χ0n) is 4.98. The second kappa shape index (κ2) is 1.94. The van der Waals surface area contributed by atoms with Crippen LogP contribution < -0.4 is 5.43 Å².